The molecule has 0 saturated heterocycles. The van der Waals surface area contributed by atoms with Gasteiger partial charge in [-0.25, -0.2) is 12.2 Å². The molecular formula is C37H42Cl2Zr-2. The zero-order valence-corrected chi connectivity index (χ0v) is 27.7. The quantitative estimate of drug-likeness (QED) is 0.279. The molecule has 0 nitrogen and oxygen atoms in total. The van der Waals surface area contributed by atoms with Crippen LogP contribution in [0, 0.1) is 17.9 Å². The van der Waals surface area contributed by atoms with E-state index in [1.54, 1.807) is 24.2 Å². The van der Waals surface area contributed by atoms with Crippen molar-refractivity contribution in [1.82, 2.24) is 0 Å². The van der Waals surface area contributed by atoms with Crippen LogP contribution < -0.4 is 24.8 Å². The average Bonchev–Trinajstić information content (AvgIpc) is 3.67. The summed E-state index contributed by atoms with van der Waals surface area (Å²) in [5, 5.41) is 8.08. The number of allylic oxidation sites excluding steroid dienone is 4. The van der Waals surface area contributed by atoms with Gasteiger partial charge in [0.2, 0.25) is 0 Å². The Bertz CT molecular complexity index is 1350. The first-order chi connectivity index (χ1) is 18.8. The SMILES string of the molecule is [C-]1=CC=CC1.[Cl-].[Cl-].[Zr+2]=[C](CC1CCCCC1)CC1CCCCC1.c1ccc2c(c1)ccc1c3ccccc3[cH-]c21. The first kappa shape index (κ1) is 33.1. The molecule has 4 aromatic rings. The number of fused-ring (bicyclic) bond motifs is 5. The van der Waals surface area contributed by atoms with E-state index in [4.69, 9.17) is 0 Å². The number of hydrogen-bond acceptors (Lipinski definition) is 0. The molecule has 0 radical (unpaired) electrons. The Labute approximate surface area is 269 Å². The molecule has 0 bridgehead atoms. The second-order valence-corrected chi connectivity index (χ2v) is 13.2. The van der Waals surface area contributed by atoms with Crippen LogP contribution in [-0.2, 0) is 24.2 Å². The van der Waals surface area contributed by atoms with Crippen LogP contribution in [0.2, 0.25) is 0 Å². The third-order valence-electron chi connectivity index (χ3n) is 8.63. The first-order valence-corrected chi connectivity index (χ1v) is 16.2. The summed E-state index contributed by atoms with van der Waals surface area (Å²) in [5.74, 6) is 2.15. The topological polar surface area (TPSA) is 0 Å². The van der Waals surface area contributed by atoms with Gasteiger partial charge in [0.1, 0.15) is 0 Å². The minimum absolute atomic E-state index is 0. The molecule has 0 amide bonds. The van der Waals surface area contributed by atoms with E-state index in [1.807, 2.05) is 15.4 Å². The standard InChI is InChI=1S/C17H11.C15H26.C5H5.2ClH.Zr/c1-3-7-14-12(5-1)9-10-16-15-8-4-2-6-13(15)11-17(14)16;1-3-8-14(9-4-1)12-7-13-15-10-5-2-6-11-15;1-2-4-5-3-1;;;/h1-11H;14-15H,1-6,8-13H2;1-3H,4H2;2*1H;/q-1;;-1;;;+2/p-2. The smallest absolute Gasteiger partial charge is 0.0520 e. The van der Waals surface area contributed by atoms with Gasteiger partial charge < -0.3 is 24.8 Å². The Morgan fingerprint density at radius 1 is 0.700 bits per heavy atom. The molecule has 4 aromatic carbocycles. The molecule has 3 aliphatic carbocycles. The maximum absolute atomic E-state index is 2.99. The van der Waals surface area contributed by atoms with E-state index >= 15 is 0 Å². The van der Waals surface area contributed by atoms with Crippen LogP contribution in [0.5, 0.6) is 0 Å². The molecule has 0 aromatic heterocycles. The number of benzene rings is 3. The molecule has 3 heteroatoms. The van der Waals surface area contributed by atoms with Gasteiger partial charge in [0.05, 0.1) is 0 Å². The van der Waals surface area contributed by atoms with E-state index in [-0.39, 0.29) is 24.8 Å². The Balaban J connectivity index is 0.000000181. The Morgan fingerprint density at radius 3 is 1.88 bits per heavy atom. The van der Waals surface area contributed by atoms with E-state index in [0.717, 1.165) is 18.3 Å². The molecule has 0 N–H and O–H groups in total. The van der Waals surface area contributed by atoms with Gasteiger partial charge in [0.25, 0.3) is 0 Å². The molecule has 2 saturated carbocycles. The molecule has 0 heterocycles. The third kappa shape index (κ3) is 9.31. The van der Waals surface area contributed by atoms with Gasteiger partial charge in [-0.05, 0) is 0 Å². The van der Waals surface area contributed by atoms with E-state index in [1.165, 1.54) is 109 Å². The van der Waals surface area contributed by atoms with Gasteiger partial charge in [-0.1, -0.05) is 65.4 Å². The van der Waals surface area contributed by atoms with E-state index in [9.17, 15) is 0 Å². The molecule has 0 aliphatic heterocycles. The molecule has 40 heavy (non-hydrogen) atoms. The average molecular weight is 649 g/mol. The van der Waals surface area contributed by atoms with Crippen LogP contribution >= 0.6 is 0 Å². The van der Waals surface area contributed by atoms with Crippen molar-refractivity contribution in [2.75, 3.05) is 0 Å². The van der Waals surface area contributed by atoms with Crippen LogP contribution in [0.4, 0.5) is 0 Å². The van der Waals surface area contributed by atoms with Gasteiger partial charge in [0.15, 0.2) is 0 Å². The Kier molecular flexibility index (Phi) is 14.5. The molecule has 0 atom stereocenters. The van der Waals surface area contributed by atoms with Gasteiger partial charge in [-0.2, -0.15) is 6.08 Å². The summed E-state index contributed by atoms with van der Waals surface area (Å²) in [4.78, 5) is 0. The summed E-state index contributed by atoms with van der Waals surface area (Å²) in [7, 11) is 0. The van der Waals surface area contributed by atoms with Gasteiger partial charge in [0, 0.05) is 0 Å². The van der Waals surface area contributed by atoms with Crippen molar-refractivity contribution in [2.45, 2.75) is 83.5 Å². The predicted molar refractivity (Wildman–Crippen MR) is 164 cm³/mol. The fraction of sp³-hybridized carbons (Fsp3) is 0.405. The third-order valence-corrected chi connectivity index (χ3v) is 9.63. The Morgan fingerprint density at radius 2 is 1.30 bits per heavy atom. The summed E-state index contributed by atoms with van der Waals surface area (Å²) in [5.41, 5.74) is 0. The maximum Gasteiger partial charge on any atom is -0.0520 e. The number of rotatable bonds is 4. The van der Waals surface area contributed by atoms with Gasteiger partial charge >= 0.3 is 116 Å². The van der Waals surface area contributed by atoms with E-state index in [0.29, 0.717) is 0 Å². The van der Waals surface area contributed by atoms with Crippen molar-refractivity contribution >= 4 is 35.5 Å². The van der Waals surface area contributed by atoms with Crippen molar-refractivity contribution in [3.05, 3.63) is 91.0 Å². The minimum Gasteiger partial charge on any atom is -0.126 e. The molecule has 210 valence electrons. The minimum atomic E-state index is 0. The van der Waals surface area contributed by atoms with Crippen molar-refractivity contribution in [3.8, 4) is 0 Å². The molecule has 2 fully saturated rings. The van der Waals surface area contributed by atoms with Crippen LogP contribution in [0.1, 0.15) is 83.5 Å². The summed E-state index contributed by atoms with van der Waals surface area (Å²) < 4.78 is 1.91. The zero-order valence-electron chi connectivity index (χ0n) is 23.7. The molecule has 3 aliphatic rings. The largest absolute Gasteiger partial charge is 0.126 e. The van der Waals surface area contributed by atoms with Crippen LogP contribution in [-0.4, -0.2) is 3.21 Å². The second kappa shape index (κ2) is 17.5. The Hall–Kier alpha value is -1.40. The van der Waals surface area contributed by atoms with Crippen molar-refractivity contribution in [1.29, 1.82) is 0 Å². The van der Waals surface area contributed by atoms with Crippen molar-refractivity contribution in [2.24, 2.45) is 11.8 Å². The molecule has 0 unspecified atom stereocenters. The fourth-order valence-corrected chi connectivity index (χ4v) is 8.03. The van der Waals surface area contributed by atoms with Crippen molar-refractivity contribution < 1.29 is 49.0 Å². The second-order valence-electron chi connectivity index (χ2n) is 11.5. The summed E-state index contributed by atoms with van der Waals surface area (Å²) >= 11 is 1.75. The molecule has 0 spiro atoms. The maximum atomic E-state index is 2.99. The van der Waals surface area contributed by atoms with Crippen LogP contribution in [0.15, 0.2) is 85.0 Å². The fourth-order valence-electron chi connectivity index (χ4n) is 6.61. The normalized spacial score (nSPS) is 16.9. The van der Waals surface area contributed by atoms with Crippen molar-refractivity contribution in [3.63, 3.8) is 0 Å². The van der Waals surface area contributed by atoms with Gasteiger partial charge in [-0.15, -0.1) is 40.1 Å². The number of halogens is 2. The summed E-state index contributed by atoms with van der Waals surface area (Å²) in [6.45, 7) is 0. The van der Waals surface area contributed by atoms with E-state index in [2.05, 4.69) is 78.9 Å². The first-order valence-electron chi connectivity index (χ1n) is 15.0. The van der Waals surface area contributed by atoms with Crippen LogP contribution in [0.25, 0.3) is 32.3 Å². The predicted octanol–water partition coefficient (Wildman–Crippen LogP) is 4.83. The summed E-state index contributed by atoms with van der Waals surface area (Å²) in [6, 6.07) is 23.9. The van der Waals surface area contributed by atoms with Crippen LogP contribution in [0.3, 0.4) is 0 Å². The summed E-state index contributed by atoms with van der Waals surface area (Å²) in [6.07, 6.45) is 28.2. The number of hydrogen-bond donors (Lipinski definition) is 0. The monoisotopic (exact) mass is 646 g/mol. The zero-order chi connectivity index (χ0) is 26.0. The molecular weight excluding hydrogens is 607 g/mol. The molecule has 7 rings (SSSR count). The van der Waals surface area contributed by atoms with E-state index < -0.39 is 0 Å². The van der Waals surface area contributed by atoms with Gasteiger partial charge in [-0.3, -0.25) is 6.08 Å².